The first kappa shape index (κ1) is 16.5. The van der Waals surface area contributed by atoms with Crippen LogP contribution in [0.5, 0.6) is 5.75 Å². The number of hydrogen-bond donors (Lipinski definition) is 1. The van der Waals surface area contributed by atoms with Crippen LogP contribution in [-0.2, 0) is 0 Å². The van der Waals surface area contributed by atoms with E-state index in [-0.39, 0.29) is 18.0 Å². The first-order valence-electron chi connectivity index (χ1n) is 8.16. The molecular formula is C18H23N3O3. The van der Waals surface area contributed by atoms with Crippen molar-refractivity contribution in [3.8, 4) is 5.75 Å². The number of nitrogens with zero attached hydrogens (tertiary/aromatic N) is 3. The summed E-state index contributed by atoms with van der Waals surface area (Å²) in [6.45, 7) is 4.39. The maximum absolute atomic E-state index is 12.9. The van der Waals surface area contributed by atoms with Crippen molar-refractivity contribution in [3.05, 3.63) is 48.0 Å². The van der Waals surface area contributed by atoms with Crippen LogP contribution >= 0.6 is 0 Å². The lowest BCUT2D eigenvalue weighted by atomic mass is 10.0. The molecule has 0 bridgehead atoms. The summed E-state index contributed by atoms with van der Waals surface area (Å²) in [5, 5.41) is 10.1. The summed E-state index contributed by atoms with van der Waals surface area (Å²) in [5.41, 5.74) is 1.37. The molecule has 6 heteroatoms. The van der Waals surface area contributed by atoms with Crippen molar-refractivity contribution >= 4 is 5.91 Å². The van der Waals surface area contributed by atoms with E-state index in [0.29, 0.717) is 18.7 Å². The Balaban J connectivity index is 1.87. The largest absolute Gasteiger partial charge is 0.497 e. The number of rotatable bonds is 4. The van der Waals surface area contributed by atoms with E-state index in [1.54, 1.807) is 24.5 Å². The van der Waals surface area contributed by atoms with Crippen LogP contribution in [0.15, 0.2) is 36.8 Å². The number of imidazole rings is 1. The van der Waals surface area contributed by atoms with E-state index < -0.39 is 6.10 Å². The van der Waals surface area contributed by atoms with Gasteiger partial charge in [0.25, 0.3) is 5.91 Å². The summed E-state index contributed by atoms with van der Waals surface area (Å²) < 4.78 is 7.17. The number of carbonyl (C=O) groups excluding carboxylic acids is 1. The van der Waals surface area contributed by atoms with Gasteiger partial charge in [-0.3, -0.25) is 4.79 Å². The first-order valence-corrected chi connectivity index (χ1v) is 8.16. The zero-order valence-electron chi connectivity index (χ0n) is 14.2. The number of aliphatic hydroxyl groups is 1. The fourth-order valence-corrected chi connectivity index (χ4v) is 3.08. The molecule has 1 aliphatic heterocycles. The van der Waals surface area contributed by atoms with Gasteiger partial charge in [-0.15, -0.1) is 0 Å². The molecule has 1 N–H and O–H groups in total. The molecule has 2 heterocycles. The van der Waals surface area contributed by atoms with Crippen molar-refractivity contribution in [3.63, 3.8) is 0 Å². The zero-order valence-corrected chi connectivity index (χ0v) is 14.2. The van der Waals surface area contributed by atoms with Crippen LogP contribution in [0.1, 0.15) is 48.4 Å². The van der Waals surface area contributed by atoms with Crippen molar-refractivity contribution in [2.24, 2.45) is 0 Å². The lowest BCUT2D eigenvalue weighted by Crippen LogP contribution is -2.32. The maximum Gasteiger partial charge on any atom is 0.274 e. The second-order valence-corrected chi connectivity index (χ2v) is 6.44. The molecule has 1 amide bonds. The van der Waals surface area contributed by atoms with Gasteiger partial charge in [-0.2, -0.15) is 0 Å². The fraction of sp³-hybridized carbons (Fsp3) is 0.444. The maximum atomic E-state index is 12.9. The minimum atomic E-state index is -0.530. The average molecular weight is 329 g/mol. The Morgan fingerprint density at radius 3 is 2.88 bits per heavy atom. The van der Waals surface area contributed by atoms with Crippen LogP contribution in [0.25, 0.3) is 0 Å². The summed E-state index contributed by atoms with van der Waals surface area (Å²) in [6.07, 6.45) is 3.42. The van der Waals surface area contributed by atoms with E-state index in [1.807, 2.05) is 42.7 Å². The first-order chi connectivity index (χ1) is 11.5. The lowest BCUT2D eigenvalue weighted by Gasteiger charge is -2.24. The normalized spacial score (nSPS) is 20.6. The van der Waals surface area contributed by atoms with Gasteiger partial charge >= 0.3 is 0 Å². The van der Waals surface area contributed by atoms with Crippen LogP contribution < -0.4 is 4.74 Å². The number of likely N-dealkylation sites (tertiary alicyclic amines) is 1. The molecule has 3 rings (SSSR count). The molecule has 0 aliphatic carbocycles. The minimum absolute atomic E-state index is 0.154. The predicted octanol–water partition coefficient (Wildman–Crippen LogP) is 2.42. The van der Waals surface area contributed by atoms with Crippen LogP contribution in [0, 0.1) is 0 Å². The Kier molecular flexibility index (Phi) is 4.57. The SMILES string of the molecule is COc1cccc([C@H]2C[C@H](O)CN2C(=O)c2cn(C(C)C)cn2)c1. The Morgan fingerprint density at radius 1 is 1.42 bits per heavy atom. The molecule has 6 nitrogen and oxygen atoms in total. The molecule has 0 radical (unpaired) electrons. The van der Waals surface area contributed by atoms with Crippen LogP contribution in [-0.4, -0.2) is 45.2 Å². The topological polar surface area (TPSA) is 67.6 Å². The highest BCUT2D eigenvalue weighted by atomic mass is 16.5. The number of ether oxygens (including phenoxy) is 1. The molecule has 2 atom stereocenters. The highest BCUT2D eigenvalue weighted by Gasteiger charge is 2.36. The molecule has 1 aromatic carbocycles. The highest BCUT2D eigenvalue weighted by Crippen LogP contribution is 2.34. The zero-order chi connectivity index (χ0) is 17.3. The molecule has 0 unspecified atom stereocenters. The van der Waals surface area contributed by atoms with E-state index in [0.717, 1.165) is 11.3 Å². The van der Waals surface area contributed by atoms with E-state index >= 15 is 0 Å². The quantitative estimate of drug-likeness (QED) is 0.935. The molecule has 1 aromatic heterocycles. The fourth-order valence-electron chi connectivity index (χ4n) is 3.08. The predicted molar refractivity (Wildman–Crippen MR) is 90.0 cm³/mol. The van der Waals surface area contributed by atoms with Gasteiger partial charge in [0.2, 0.25) is 0 Å². The number of amides is 1. The Morgan fingerprint density at radius 2 is 2.21 bits per heavy atom. The summed E-state index contributed by atoms with van der Waals surface area (Å²) in [5.74, 6) is 0.587. The number of aliphatic hydroxyl groups excluding tert-OH is 1. The third-order valence-electron chi connectivity index (χ3n) is 4.44. The third-order valence-corrected chi connectivity index (χ3v) is 4.44. The standard InChI is InChI=1S/C18H23N3O3/c1-12(2)20-10-16(19-11-20)18(23)21-9-14(22)8-17(21)13-5-4-6-15(7-13)24-3/h4-7,10-12,14,17,22H,8-9H2,1-3H3/t14-,17+/m0/s1. The van der Waals surface area contributed by atoms with Gasteiger partial charge in [0, 0.05) is 18.8 Å². The Labute approximate surface area is 141 Å². The molecule has 1 saturated heterocycles. The Hall–Kier alpha value is -2.34. The number of aromatic nitrogens is 2. The van der Waals surface area contributed by atoms with Crippen molar-refractivity contribution in [2.45, 2.75) is 38.5 Å². The van der Waals surface area contributed by atoms with Crippen molar-refractivity contribution in [2.75, 3.05) is 13.7 Å². The molecule has 2 aromatic rings. The van der Waals surface area contributed by atoms with Gasteiger partial charge in [0.15, 0.2) is 0 Å². The smallest absolute Gasteiger partial charge is 0.274 e. The second kappa shape index (κ2) is 6.65. The van der Waals surface area contributed by atoms with Crippen LogP contribution in [0.4, 0.5) is 0 Å². The Bertz CT molecular complexity index is 726. The summed E-state index contributed by atoms with van der Waals surface area (Å²) in [6, 6.07) is 7.71. The van der Waals surface area contributed by atoms with Crippen LogP contribution in [0.2, 0.25) is 0 Å². The number of carbonyl (C=O) groups is 1. The molecule has 128 valence electrons. The van der Waals surface area contributed by atoms with E-state index in [1.165, 1.54) is 0 Å². The lowest BCUT2D eigenvalue weighted by molar-refractivity contribution is 0.0710. The number of hydrogen-bond acceptors (Lipinski definition) is 4. The molecule has 1 aliphatic rings. The number of methoxy groups -OCH3 is 1. The van der Waals surface area contributed by atoms with Crippen molar-refractivity contribution in [1.82, 2.24) is 14.5 Å². The molecular weight excluding hydrogens is 306 g/mol. The number of benzene rings is 1. The van der Waals surface area contributed by atoms with E-state index in [4.69, 9.17) is 4.74 Å². The monoisotopic (exact) mass is 329 g/mol. The third kappa shape index (κ3) is 3.14. The summed E-state index contributed by atoms with van der Waals surface area (Å²) in [7, 11) is 1.62. The highest BCUT2D eigenvalue weighted by molar-refractivity contribution is 5.92. The summed E-state index contributed by atoms with van der Waals surface area (Å²) >= 11 is 0. The van der Waals surface area contributed by atoms with Gasteiger partial charge in [0.05, 0.1) is 25.6 Å². The molecule has 0 spiro atoms. The van der Waals surface area contributed by atoms with Crippen molar-refractivity contribution < 1.29 is 14.6 Å². The summed E-state index contributed by atoms with van der Waals surface area (Å²) in [4.78, 5) is 18.8. The van der Waals surface area contributed by atoms with E-state index in [2.05, 4.69) is 4.98 Å². The van der Waals surface area contributed by atoms with Gasteiger partial charge in [0.1, 0.15) is 11.4 Å². The molecule has 0 saturated carbocycles. The van der Waals surface area contributed by atoms with Crippen LogP contribution in [0.3, 0.4) is 0 Å². The minimum Gasteiger partial charge on any atom is -0.497 e. The van der Waals surface area contributed by atoms with Gasteiger partial charge in [-0.05, 0) is 38.0 Å². The van der Waals surface area contributed by atoms with Gasteiger partial charge in [-0.1, -0.05) is 12.1 Å². The second-order valence-electron chi connectivity index (χ2n) is 6.44. The molecule has 24 heavy (non-hydrogen) atoms. The van der Waals surface area contributed by atoms with Crippen molar-refractivity contribution in [1.29, 1.82) is 0 Å². The number of β-amino-alcohol motifs (C(OH)–C–C–N with tert-alkyl or cyclic N) is 1. The van der Waals surface area contributed by atoms with Gasteiger partial charge < -0.3 is 19.3 Å². The van der Waals surface area contributed by atoms with E-state index in [9.17, 15) is 9.90 Å². The van der Waals surface area contributed by atoms with Gasteiger partial charge in [-0.25, -0.2) is 4.98 Å². The average Bonchev–Trinajstić information content (AvgIpc) is 3.21. The molecule has 1 fully saturated rings.